The van der Waals surface area contributed by atoms with Crippen molar-refractivity contribution >= 4 is 23.4 Å². The zero-order valence-electron chi connectivity index (χ0n) is 12.3. The van der Waals surface area contributed by atoms with Gasteiger partial charge in [-0.15, -0.1) is 11.3 Å². The first-order valence-corrected chi connectivity index (χ1v) is 7.05. The minimum absolute atomic E-state index is 0.207. The highest BCUT2D eigenvalue weighted by Gasteiger charge is 2.25. The lowest BCUT2D eigenvalue weighted by molar-refractivity contribution is -0.137. The minimum atomic E-state index is -0.989. The average molecular weight is 300 g/mol. The molecular weight excluding hydrogens is 280 g/mol. The number of hydrogen-bond donors (Lipinski definition) is 2. The van der Waals surface area contributed by atoms with Gasteiger partial charge in [-0.05, 0) is 34.6 Å². The number of nitrogens with one attached hydrogen (secondary N) is 1. The van der Waals surface area contributed by atoms with E-state index < -0.39 is 23.7 Å². The topological polar surface area (TPSA) is 88.5 Å². The van der Waals surface area contributed by atoms with Gasteiger partial charge in [0.2, 0.25) is 0 Å². The van der Waals surface area contributed by atoms with E-state index in [4.69, 9.17) is 9.84 Å². The molecule has 1 atom stereocenters. The predicted octanol–water partition coefficient (Wildman–Crippen LogP) is 2.80. The van der Waals surface area contributed by atoms with Crippen molar-refractivity contribution in [3.05, 3.63) is 15.6 Å². The fraction of sp³-hybridized carbons (Fsp3) is 0.615. The number of amides is 1. The molecule has 0 aliphatic carbocycles. The predicted molar refractivity (Wildman–Crippen MR) is 76.0 cm³/mol. The summed E-state index contributed by atoms with van der Waals surface area (Å²) >= 11 is 1.38. The molecule has 0 aliphatic heterocycles. The summed E-state index contributed by atoms with van der Waals surface area (Å²) in [6.45, 7) is 8.89. The van der Waals surface area contributed by atoms with E-state index in [1.165, 1.54) is 11.3 Å². The van der Waals surface area contributed by atoms with E-state index in [1.54, 1.807) is 27.7 Å². The number of carboxylic acids is 1. The van der Waals surface area contributed by atoms with Gasteiger partial charge in [0, 0.05) is 0 Å². The molecule has 6 nitrogen and oxygen atoms in total. The molecule has 1 amide bonds. The van der Waals surface area contributed by atoms with Gasteiger partial charge in [0.15, 0.2) is 0 Å². The molecule has 20 heavy (non-hydrogen) atoms. The molecule has 7 heteroatoms. The lowest BCUT2D eigenvalue weighted by atomic mass is 10.1. The molecule has 0 saturated carbocycles. The molecular formula is C13H20N2O4S. The number of thiazole rings is 1. The number of alkyl carbamates (subject to hydrolysis) is 1. The van der Waals surface area contributed by atoms with E-state index in [2.05, 4.69) is 10.3 Å². The molecule has 1 rings (SSSR count). The zero-order chi connectivity index (χ0) is 15.5. The number of aromatic nitrogens is 1. The average Bonchev–Trinajstić information content (AvgIpc) is 2.53. The number of ether oxygens (including phenoxy) is 1. The van der Waals surface area contributed by atoms with E-state index >= 15 is 0 Å². The summed E-state index contributed by atoms with van der Waals surface area (Å²) in [6.07, 6.45) is -0.837. The second-order valence-electron chi connectivity index (χ2n) is 5.48. The third-order valence-electron chi connectivity index (χ3n) is 2.33. The Morgan fingerprint density at radius 1 is 1.40 bits per heavy atom. The van der Waals surface area contributed by atoms with E-state index in [1.807, 2.05) is 6.92 Å². The maximum Gasteiger partial charge on any atom is 0.408 e. The fourth-order valence-electron chi connectivity index (χ4n) is 1.70. The molecule has 0 radical (unpaired) electrons. The van der Waals surface area contributed by atoms with Crippen LogP contribution in [0.2, 0.25) is 0 Å². The Labute approximate surface area is 122 Å². The number of nitrogens with zero attached hydrogens (tertiary/aromatic N) is 1. The van der Waals surface area contributed by atoms with Crippen molar-refractivity contribution in [1.29, 1.82) is 0 Å². The number of aryl methyl sites for hydroxylation is 2. The highest BCUT2D eigenvalue weighted by molar-refractivity contribution is 7.11. The van der Waals surface area contributed by atoms with E-state index in [-0.39, 0.29) is 6.42 Å². The van der Waals surface area contributed by atoms with Crippen molar-refractivity contribution in [2.75, 3.05) is 0 Å². The minimum Gasteiger partial charge on any atom is -0.481 e. The van der Waals surface area contributed by atoms with E-state index in [9.17, 15) is 9.59 Å². The Morgan fingerprint density at radius 3 is 2.40 bits per heavy atom. The van der Waals surface area contributed by atoms with Gasteiger partial charge in [-0.1, -0.05) is 0 Å². The molecule has 1 aromatic heterocycles. The first kappa shape index (κ1) is 16.4. The van der Waals surface area contributed by atoms with Crippen LogP contribution in [0.1, 0.15) is 48.8 Å². The number of carboxylic acid groups (broad SMARTS) is 1. The van der Waals surface area contributed by atoms with Crippen LogP contribution in [0.25, 0.3) is 0 Å². The molecule has 0 saturated heterocycles. The molecule has 0 fully saturated rings. The molecule has 112 valence electrons. The van der Waals surface area contributed by atoms with Gasteiger partial charge >= 0.3 is 12.1 Å². The first-order chi connectivity index (χ1) is 9.08. The lowest BCUT2D eigenvalue weighted by Crippen LogP contribution is -2.35. The Bertz CT molecular complexity index is 505. The summed E-state index contributed by atoms with van der Waals surface area (Å²) in [5, 5.41) is 12.4. The highest BCUT2D eigenvalue weighted by atomic mass is 32.1. The summed E-state index contributed by atoms with van der Waals surface area (Å²) in [4.78, 5) is 27.8. The molecule has 1 aromatic rings. The highest BCUT2D eigenvalue weighted by Crippen LogP contribution is 2.27. The summed E-state index contributed by atoms with van der Waals surface area (Å²) in [6, 6.07) is -0.631. The number of rotatable bonds is 4. The molecule has 2 N–H and O–H groups in total. The van der Waals surface area contributed by atoms with Gasteiger partial charge < -0.3 is 15.2 Å². The van der Waals surface area contributed by atoms with Crippen molar-refractivity contribution in [2.24, 2.45) is 0 Å². The van der Waals surface area contributed by atoms with Crippen LogP contribution in [-0.2, 0) is 9.53 Å². The van der Waals surface area contributed by atoms with Crippen molar-refractivity contribution < 1.29 is 19.4 Å². The first-order valence-electron chi connectivity index (χ1n) is 6.23. The Balaban J connectivity index is 2.88. The Hall–Kier alpha value is -1.63. The zero-order valence-corrected chi connectivity index (χ0v) is 13.1. The summed E-state index contributed by atoms with van der Waals surface area (Å²) in [7, 11) is 0. The van der Waals surface area contributed by atoms with Gasteiger partial charge in [0.25, 0.3) is 0 Å². The fourth-order valence-corrected chi connectivity index (χ4v) is 2.68. The van der Waals surface area contributed by atoms with Crippen LogP contribution in [0.15, 0.2) is 0 Å². The number of carbonyl (C=O) groups is 2. The van der Waals surface area contributed by atoms with Gasteiger partial charge in [-0.25, -0.2) is 9.78 Å². The maximum atomic E-state index is 11.8. The Morgan fingerprint density at radius 2 is 2.00 bits per heavy atom. The largest absolute Gasteiger partial charge is 0.481 e. The van der Waals surface area contributed by atoms with Gasteiger partial charge in [-0.3, -0.25) is 4.79 Å². The summed E-state index contributed by atoms with van der Waals surface area (Å²) in [5.41, 5.74) is 0.103. The van der Waals surface area contributed by atoms with Crippen LogP contribution in [0.5, 0.6) is 0 Å². The van der Waals surface area contributed by atoms with E-state index in [0.29, 0.717) is 0 Å². The molecule has 1 heterocycles. The van der Waals surface area contributed by atoms with Gasteiger partial charge in [0.05, 0.1) is 28.0 Å². The van der Waals surface area contributed by atoms with Crippen LogP contribution >= 0.6 is 11.3 Å². The molecule has 0 bridgehead atoms. The molecule has 0 aliphatic rings. The quantitative estimate of drug-likeness (QED) is 0.892. The molecule has 0 aromatic carbocycles. The standard InChI is InChI=1S/C13H20N2O4S/c1-7-11(20-8(2)14-7)9(6-10(16)17)15-12(18)19-13(3,4)5/h9H,6H2,1-5H3,(H,15,18)(H,16,17)/t9-/m1/s1. The smallest absolute Gasteiger partial charge is 0.408 e. The summed E-state index contributed by atoms with van der Waals surface area (Å²) in [5.74, 6) is -0.989. The van der Waals surface area contributed by atoms with Crippen LogP contribution in [-0.4, -0.2) is 27.8 Å². The SMILES string of the molecule is Cc1nc(C)c([C@@H](CC(=O)O)NC(=O)OC(C)(C)C)s1. The van der Waals surface area contributed by atoms with Crippen LogP contribution in [0, 0.1) is 13.8 Å². The number of aliphatic carboxylic acids is 1. The van der Waals surface area contributed by atoms with Crippen molar-refractivity contribution in [3.8, 4) is 0 Å². The maximum absolute atomic E-state index is 11.8. The van der Waals surface area contributed by atoms with Crippen LogP contribution in [0.4, 0.5) is 4.79 Å². The normalized spacial score (nSPS) is 12.8. The van der Waals surface area contributed by atoms with Crippen molar-refractivity contribution in [1.82, 2.24) is 10.3 Å². The van der Waals surface area contributed by atoms with Crippen molar-refractivity contribution in [3.63, 3.8) is 0 Å². The molecule has 0 unspecified atom stereocenters. The lowest BCUT2D eigenvalue weighted by Gasteiger charge is -2.22. The van der Waals surface area contributed by atoms with Gasteiger partial charge in [0.1, 0.15) is 5.60 Å². The van der Waals surface area contributed by atoms with Crippen molar-refractivity contribution in [2.45, 2.75) is 52.7 Å². The second kappa shape index (κ2) is 6.21. The second-order valence-corrected chi connectivity index (χ2v) is 6.71. The van der Waals surface area contributed by atoms with E-state index in [0.717, 1.165) is 15.6 Å². The monoisotopic (exact) mass is 300 g/mol. The third kappa shape index (κ3) is 5.16. The van der Waals surface area contributed by atoms with Crippen LogP contribution < -0.4 is 5.32 Å². The molecule has 0 spiro atoms. The van der Waals surface area contributed by atoms with Crippen LogP contribution in [0.3, 0.4) is 0 Å². The number of carbonyl (C=O) groups excluding carboxylic acids is 1. The Kier molecular flexibility index (Phi) is 5.10. The number of hydrogen-bond acceptors (Lipinski definition) is 5. The third-order valence-corrected chi connectivity index (χ3v) is 3.51. The van der Waals surface area contributed by atoms with Gasteiger partial charge in [-0.2, -0.15) is 0 Å². The summed E-state index contributed by atoms with van der Waals surface area (Å²) < 4.78 is 5.16.